The number of aryl methyl sites for hydroxylation is 1. The molecule has 1 amide bonds. The van der Waals surface area contributed by atoms with Gasteiger partial charge in [-0.25, -0.2) is 0 Å². The molecule has 0 fully saturated rings. The number of anilines is 1. The highest BCUT2D eigenvalue weighted by Gasteiger charge is 2.16. The molecule has 0 radical (unpaired) electrons. The third-order valence-corrected chi connectivity index (χ3v) is 5.94. The van der Waals surface area contributed by atoms with Crippen LogP contribution in [0.2, 0.25) is 0 Å². The molecule has 0 aliphatic rings. The maximum atomic E-state index is 13.0. The molecule has 0 bridgehead atoms. The van der Waals surface area contributed by atoms with Crippen molar-refractivity contribution >= 4 is 11.6 Å². The first-order valence-electron chi connectivity index (χ1n) is 11.6. The van der Waals surface area contributed by atoms with Gasteiger partial charge in [0.2, 0.25) is 0 Å². The van der Waals surface area contributed by atoms with Gasteiger partial charge in [-0.2, -0.15) is 5.10 Å². The van der Waals surface area contributed by atoms with Gasteiger partial charge in [-0.1, -0.05) is 68.4 Å². The quantitative estimate of drug-likeness (QED) is 0.331. The molecule has 0 unspecified atom stereocenters. The summed E-state index contributed by atoms with van der Waals surface area (Å²) >= 11 is 0. The summed E-state index contributed by atoms with van der Waals surface area (Å²) in [5.74, 6) is 1.15. The number of nitrogens with zero attached hydrogens (tertiary/aromatic N) is 2. The Morgan fingerprint density at radius 2 is 1.65 bits per heavy atom. The van der Waals surface area contributed by atoms with E-state index >= 15 is 0 Å². The Bertz CT molecular complexity index is 1260. The van der Waals surface area contributed by atoms with Crippen LogP contribution in [0.3, 0.4) is 0 Å². The number of nitrogens with one attached hydrogen (secondary N) is 1. The first kappa shape index (κ1) is 23.3. The van der Waals surface area contributed by atoms with Crippen LogP contribution >= 0.6 is 0 Å². The lowest BCUT2D eigenvalue weighted by Crippen LogP contribution is -2.14. The zero-order chi connectivity index (χ0) is 24.1. The summed E-state index contributed by atoms with van der Waals surface area (Å²) in [6.07, 6.45) is 0. The van der Waals surface area contributed by atoms with E-state index in [0.717, 1.165) is 34.0 Å². The van der Waals surface area contributed by atoms with Crippen LogP contribution in [0.15, 0.2) is 78.9 Å². The lowest BCUT2D eigenvalue weighted by molar-refractivity contribution is 0.102. The monoisotopic (exact) mass is 453 g/mol. The summed E-state index contributed by atoms with van der Waals surface area (Å²) in [6.45, 7) is 9.29. The normalized spacial score (nSPS) is 11.0. The fourth-order valence-corrected chi connectivity index (χ4v) is 3.89. The molecule has 0 saturated carbocycles. The van der Waals surface area contributed by atoms with Crippen molar-refractivity contribution in [2.75, 3.05) is 5.32 Å². The minimum absolute atomic E-state index is 0.159. The lowest BCUT2D eigenvalue weighted by atomic mass is 10.0. The molecule has 0 saturated heterocycles. The standard InChI is InChI=1S/C29H31N3O2/c1-20(2)25-13-15-27(16-14-25)34-19-24-11-8-12-26(17-24)29(33)30-28-21(3)31-32(22(28)4)18-23-9-6-5-7-10-23/h5-17,20H,18-19H2,1-4H3,(H,30,33). The van der Waals surface area contributed by atoms with Gasteiger partial charge in [-0.3, -0.25) is 9.48 Å². The third kappa shape index (κ3) is 5.54. The summed E-state index contributed by atoms with van der Waals surface area (Å²) < 4.78 is 7.86. The maximum Gasteiger partial charge on any atom is 0.255 e. The molecule has 4 aromatic rings. The molecule has 0 atom stereocenters. The number of rotatable bonds is 8. The van der Waals surface area contributed by atoms with E-state index in [4.69, 9.17) is 4.74 Å². The first-order chi connectivity index (χ1) is 16.4. The van der Waals surface area contributed by atoms with Gasteiger partial charge in [0.1, 0.15) is 12.4 Å². The molecule has 1 heterocycles. The van der Waals surface area contributed by atoms with Crippen LogP contribution < -0.4 is 10.1 Å². The molecule has 0 spiro atoms. The summed E-state index contributed by atoms with van der Waals surface area (Å²) in [5, 5.41) is 7.69. The van der Waals surface area contributed by atoms with Crippen molar-refractivity contribution in [2.45, 2.75) is 46.8 Å². The SMILES string of the molecule is Cc1nn(Cc2ccccc2)c(C)c1NC(=O)c1cccc(COc2ccc(C(C)C)cc2)c1. The number of benzene rings is 3. The summed E-state index contributed by atoms with van der Waals surface area (Å²) in [4.78, 5) is 13.0. The second-order valence-corrected chi connectivity index (χ2v) is 8.86. The fourth-order valence-electron chi connectivity index (χ4n) is 3.89. The average Bonchev–Trinajstić information content (AvgIpc) is 3.11. The largest absolute Gasteiger partial charge is 0.489 e. The average molecular weight is 454 g/mol. The molecule has 3 aromatic carbocycles. The minimum Gasteiger partial charge on any atom is -0.489 e. The predicted molar refractivity (Wildman–Crippen MR) is 137 cm³/mol. The highest BCUT2D eigenvalue weighted by molar-refractivity contribution is 6.05. The van der Waals surface area contributed by atoms with E-state index in [1.807, 2.05) is 73.1 Å². The minimum atomic E-state index is -0.159. The molecule has 5 heteroatoms. The van der Waals surface area contributed by atoms with Gasteiger partial charge in [-0.05, 0) is 60.7 Å². The van der Waals surface area contributed by atoms with Crippen molar-refractivity contribution in [1.29, 1.82) is 0 Å². The van der Waals surface area contributed by atoms with E-state index in [1.54, 1.807) is 0 Å². The van der Waals surface area contributed by atoms with Gasteiger partial charge in [-0.15, -0.1) is 0 Å². The fraction of sp³-hybridized carbons (Fsp3) is 0.241. The van der Waals surface area contributed by atoms with E-state index in [0.29, 0.717) is 24.6 Å². The van der Waals surface area contributed by atoms with Crippen molar-refractivity contribution in [3.63, 3.8) is 0 Å². The Morgan fingerprint density at radius 1 is 0.941 bits per heavy atom. The number of hydrogen-bond acceptors (Lipinski definition) is 3. The summed E-state index contributed by atoms with van der Waals surface area (Å²) in [6, 6.07) is 25.9. The van der Waals surface area contributed by atoms with Crippen LogP contribution in [0, 0.1) is 13.8 Å². The summed E-state index contributed by atoms with van der Waals surface area (Å²) in [7, 11) is 0. The number of hydrogen-bond donors (Lipinski definition) is 1. The zero-order valence-corrected chi connectivity index (χ0v) is 20.2. The number of aromatic nitrogens is 2. The first-order valence-corrected chi connectivity index (χ1v) is 11.6. The zero-order valence-electron chi connectivity index (χ0n) is 20.2. The van der Waals surface area contributed by atoms with E-state index in [9.17, 15) is 4.79 Å². The maximum absolute atomic E-state index is 13.0. The van der Waals surface area contributed by atoms with Crippen molar-refractivity contribution in [3.05, 3.63) is 113 Å². The molecule has 34 heavy (non-hydrogen) atoms. The molecule has 0 aliphatic carbocycles. The Morgan fingerprint density at radius 3 is 2.35 bits per heavy atom. The molecule has 5 nitrogen and oxygen atoms in total. The Kier molecular flexibility index (Phi) is 7.12. The van der Waals surface area contributed by atoms with Gasteiger partial charge in [0, 0.05) is 5.56 Å². The second-order valence-electron chi connectivity index (χ2n) is 8.86. The van der Waals surface area contributed by atoms with E-state index in [-0.39, 0.29) is 5.91 Å². The second kappa shape index (κ2) is 10.4. The Labute approximate surface area is 201 Å². The van der Waals surface area contributed by atoms with Crippen LogP contribution in [0.1, 0.15) is 58.2 Å². The predicted octanol–water partition coefficient (Wildman–Crippen LogP) is 6.50. The highest BCUT2D eigenvalue weighted by atomic mass is 16.5. The van der Waals surface area contributed by atoms with Crippen molar-refractivity contribution in [1.82, 2.24) is 9.78 Å². The van der Waals surface area contributed by atoms with E-state index in [2.05, 4.69) is 48.5 Å². The van der Waals surface area contributed by atoms with Crippen molar-refractivity contribution in [3.8, 4) is 5.75 Å². The van der Waals surface area contributed by atoms with Gasteiger partial charge >= 0.3 is 0 Å². The van der Waals surface area contributed by atoms with Crippen LogP contribution in [-0.4, -0.2) is 15.7 Å². The molecule has 174 valence electrons. The number of carbonyl (C=O) groups is 1. The number of amides is 1. The van der Waals surface area contributed by atoms with Crippen molar-refractivity contribution < 1.29 is 9.53 Å². The third-order valence-electron chi connectivity index (χ3n) is 5.94. The molecular weight excluding hydrogens is 422 g/mol. The smallest absolute Gasteiger partial charge is 0.255 e. The van der Waals surface area contributed by atoms with Crippen LogP contribution in [-0.2, 0) is 13.2 Å². The lowest BCUT2D eigenvalue weighted by Gasteiger charge is -2.11. The molecule has 4 rings (SSSR count). The van der Waals surface area contributed by atoms with Gasteiger partial charge in [0.15, 0.2) is 0 Å². The number of carbonyl (C=O) groups excluding carboxylic acids is 1. The summed E-state index contributed by atoms with van der Waals surface area (Å²) in [5.41, 5.74) is 6.46. The van der Waals surface area contributed by atoms with Gasteiger partial charge in [0.25, 0.3) is 5.91 Å². The Hall–Kier alpha value is -3.86. The molecule has 1 aromatic heterocycles. The van der Waals surface area contributed by atoms with Gasteiger partial charge < -0.3 is 10.1 Å². The van der Waals surface area contributed by atoms with Crippen LogP contribution in [0.4, 0.5) is 5.69 Å². The van der Waals surface area contributed by atoms with Crippen LogP contribution in [0.25, 0.3) is 0 Å². The van der Waals surface area contributed by atoms with Crippen molar-refractivity contribution in [2.24, 2.45) is 0 Å². The number of ether oxygens (including phenoxy) is 1. The highest BCUT2D eigenvalue weighted by Crippen LogP contribution is 2.22. The molecule has 0 aliphatic heterocycles. The van der Waals surface area contributed by atoms with E-state index < -0.39 is 0 Å². The molecule has 1 N–H and O–H groups in total. The molecular formula is C29H31N3O2. The topological polar surface area (TPSA) is 56.2 Å². The van der Waals surface area contributed by atoms with Gasteiger partial charge in [0.05, 0.1) is 23.6 Å². The van der Waals surface area contributed by atoms with E-state index in [1.165, 1.54) is 5.56 Å². The van der Waals surface area contributed by atoms with Crippen LogP contribution in [0.5, 0.6) is 5.75 Å². The Balaban J connectivity index is 1.42.